The molecule has 1 saturated heterocycles. The van der Waals surface area contributed by atoms with Crippen LogP contribution in [0.1, 0.15) is 43.4 Å². The van der Waals surface area contributed by atoms with Crippen molar-refractivity contribution in [3.8, 4) is 0 Å². The first kappa shape index (κ1) is 19.3. The maximum atomic E-state index is 13.8. The molecule has 3 atom stereocenters. The van der Waals surface area contributed by atoms with Gasteiger partial charge in [0.15, 0.2) is 0 Å². The van der Waals surface area contributed by atoms with Crippen molar-refractivity contribution in [2.24, 2.45) is 0 Å². The minimum absolute atomic E-state index is 0.0000587. The highest BCUT2D eigenvalue weighted by Crippen LogP contribution is 2.46. The van der Waals surface area contributed by atoms with Gasteiger partial charge in [-0.15, -0.1) is 0 Å². The summed E-state index contributed by atoms with van der Waals surface area (Å²) in [5.41, 5.74) is 10.0. The summed E-state index contributed by atoms with van der Waals surface area (Å²) in [6, 6.07) is 10.6. The van der Waals surface area contributed by atoms with E-state index in [0.717, 1.165) is 38.0 Å². The minimum Gasteiger partial charge on any atom is -0.398 e. The van der Waals surface area contributed by atoms with Gasteiger partial charge >= 0.3 is 0 Å². The Morgan fingerprint density at radius 3 is 2.68 bits per heavy atom. The number of nitrogens with zero attached hydrogens (tertiary/aromatic N) is 1. The van der Waals surface area contributed by atoms with Crippen molar-refractivity contribution < 1.29 is 13.5 Å². The maximum Gasteiger partial charge on any atom is 0.131 e. The molecule has 0 radical (unpaired) electrons. The van der Waals surface area contributed by atoms with Crippen LogP contribution in [0, 0.1) is 11.6 Å². The first-order valence-corrected chi connectivity index (χ1v) is 10.0. The molecular formula is C23H28F2N2O. The molecule has 28 heavy (non-hydrogen) atoms. The summed E-state index contributed by atoms with van der Waals surface area (Å²) in [4.78, 5) is 2.46. The molecule has 1 fully saturated rings. The van der Waals surface area contributed by atoms with E-state index in [-0.39, 0.29) is 23.7 Å². The fraction of sp³-hybridized carbons (Fsp3) is 0.478. The largest absolute Gasteiger partial charge is 0.398 e. The summed E-state index contributed by atoms with van der Waals surface area (Å²) < 4.78 is 33.4. The molecule has 2 bridgehead atoms. The van der Waals surface area contributed by atoms with Crippen molar-refractivity contribution in [3.63, 3.8) is 0 Å². The third-order valence-electron chi connectivity index (χ3n) is 6.52. The van der Waals surface area contributed by atoms with Gasteiger partial charge in [0.25, 0.3) is 0 Å². The number of ether oxygens (including phenoxy) is 1. The molecule has 2 aromatic carbocycles. The first-order valence-electron chi connectivity index (χ1n) is 10.0. The Morgan fingerprint density at radius 2 is 1.93 bits per heavy atom. The van der Waals surface area contributed by atoms with E-state index in [2.05, 4.69) is 24.0 Å². The van der Waals surface area contributed by atoms with Crippen LogP contribution in [0.4, 0.5) is 14.5 Å². The van der Waals surface area contributed by atoms with Crippen LogP contribution in [0.5, 0.6) is 0 Å². The second kappa shape index (κ2) is 7.45. The summed E-state index contributed by atoms with van der Waals surface area (Å²) in [6.45, 7) is 6.01. The van der Waals surface area contributed by atoms with Gasteiger partial charge in [0.05, 0.1) is 12.7 Å². The standard InChI is InChI=1S/C23H28F2N2O/c1-15(28-14-18-20(24)6-4-7-21(18)25)13-27-10-9-23(2)12-16(27)11-17-19(23)5-3-8-22(17)26/h3-8,15-16H,9-14,26H2,1-2H3. The van der Waals surface area contributed by atoms with Crippen LogP contribution in [0.3, 0.4) is 0 Å². The van der Waals surface area contributed by atoms with Gasteiger partial charge in [0.2, 0.25) is 0 Å². The van der Waals surface area contributed by atoms with Crippen molar-refractivity contribution in [2.45, 2.75) is 57.3 Å². The van der Waals surface area contributed by atoms with Crippen LogP contribution in [-0.2, 0) is 23.2 Å². The number of anilines is 1. The summed E-state index contributed by atoms with van der Waals surface area (Å²) >= 11 is 0. The summed E-state index contributed by atoms with van der Waals surface area (Å²) in [6.07, 6.45) is 3.02. The Kier molecular flexibility index (Phi) is 5.15. The lowest BCUT2D eigenvalue weighted by Gasteiger charge is -2.50. The van der Waals surface area contributed by atoms with E-state index in [1.807, 2.05) is 13.0 Å². The van der Waals surface area contributed by atoms with Crippen molar-refractivity contribution >= 4 is 5.69 Å². The van der Waals surface area contributed by atoms with Gasteiger partial charge in [-0.1, -0.05) is 25.1 Å². The number of piperidine rings is 1. The average Bonchev–Trinajstić information content (AvgIpc) is 2.65. The van der Waals surface area contributed by atoms with Crippen LogP contribution in [0.2, 0.25) is 0 Å². The van der Waals surface area contributed by atoms with Gasteiger partial charge in [-0.2, -0.15) is 0 Å². The number of halogens is 2. The van der Waals surface area contributed by atoms with Crippen molar-refractivity contribution in [1.29, 1.82) is 0 Å². The van der Waals surface area contributed by atoms with Crippen molar-refractivity contribution in [2.75, 3.05) is 18.8 Å². The summed E-state index contributed by atoms with van der Waals surface area (Å²) in [7, 11) is 0. The summed E-state index contributed by atoms with van der Waals surface area (Å²) in [5, 5.41) is 0. The topological polar surface area (TPSA) is 38.5 Å². The molecule has 2 N–H and O–H groups in total. The van der Waals surface area contributed by atoms with Crippen LogP contribution in [0.25, 0.3) is 0 Å². The number of benzene rings is 2. The Morgan fingerprint density at radius 1 is 1.21 bits per heavy atom. The minimum atomic E-state index is -0.555. The van der Waals surface area contributed by atoms with E-state index < -0.39 is 11.6 Å². The highest BCUT2D eigenvalue weighted by Gasteiger charge is 2.43. The molecule has 0 spiro atoms. The van der Waals surface area contributed by atoms with Crippen LogP contribution in [0.15, 0.2) is 36.4 Å². The second-order valence-electron chi connectivity index (χ2n) is 8.56. The van der Waals surface area contributed by atoms with Crippen molar-refractivity contribution in [3.05, 3.63) is 64.7 Å². The van der Waals surface area contributed by atoms with E-state index in [0.29, 0.717) is 6.04 Å². The van der Waals surface area contributed by atoms with Gasteiger partial charge in [-0.05, 0) is 67.5 Å². The zero-order chi connectivity index (χ0) is 19.9. The van der Waals surface area contributed by atoms with E-state index in [4.69, 9.17) is 10.5 Å². The lowest BCUT2D eigenvalue weighted by atomic mass is 9.65. The molecule has 3 nitrogen and oxygen atoms in total. The summed E-state index contributed by atoms with van der Waals surface area (Å²) in [5.74, 6) is -1.11. The molecule has 1 aliphatic carbocycles. The third-order valence-corrected chi connectivity index (χ3v) is 6.52. The van der Waals surface area contributed by atoms with Crippen LogP contribution in [-0.4, -0.2) is 30.1 Å². The average molecular weight is 386 g/mol. The number of fused-ring (bicyclic) bond motifs is 4. The van der Waals surface area contributed by atoms with E-state index >= 15 is 0 Å². The van der Waals surface area contributed by atoms with Gasteiger partial charge in [0, 0.05) is 23.8 Å². The molecule has 4 rings (SSSR count). The zero-order valence-corrected chi connectivity index (χ0v) is 16.6. The van der Waals surface area contributed by atoms with E-state index in [1.54, 1.807) is 0 Å². The second-order valence-corrected chi connectivity index (χ2v) is 8.56. The fourth-order valence-corrected chi connectivity index (χ4v) is 4.92. The van der Waals surface area contributed by atoms with E-state index in [1.165, 1.54) is 29.3 Å². The van der Waals surface area contributed by atoms with Crippen molar-refractivity contribution in [1.82, 2.24) is 4.90 Å². The number of nitrogens with two attached hydrogens (primary N) is 1. The lowest BCUT2D eigenvalue weighted by molar-refractivity contribution is -0.00514. The molecule has 3 unspecified atom stereocenters. The molecule has 150 valence electrons. The molecule has 1 heterocycles. The number of nitrogen functional groups attached to an aromatic ring is 1. The Bertz CT molecular complexity index is 851. The number of hydrogen-bond donors (Lipinski definition) is 1. The third kappa shape index (κ3) is 3.53. The molecule has 0 amide bonds. The fourth-order valence-electron chi connectivity index (χ4n) is 4.92. The Balaban J connectivity index is 1.42. The maximum absolute atomic E-state index is 13.8. The number of likely N-dealkylation sites (tertiary alicyclic amines) is 1. The Hall–Kier alpha value is -1.98. The quantitative estimate of drug-likeness (QED) is 0.773. The number of rotatable bonds is 5. The predicted octanol–water partition coefficient (Wildman–Crippen LogP) is 4.43. The van der Waals surface area contributed by atoms with Crippen LogP contribution < -0.4 is 5.73 Å². The highest BCUT2D eigenvalue weighted by atomic mass is 19.1. The van der Waals surface area contributed by atoms with E-state index in [9.17, 15) is 8.78 Å². The SMILES string of the molecule is CC(CN1CCC2(C)CC1Cc1c(N)cccc12)OCc1c(F)cccc1F. The molecule has 2 aliphatic rings. The van der Waals surface area contributed by atoms with Gasteiger partial charge in [0.1, 0.15) is 11.6 Å². The molecular weight excluding hydrogens is 358 g/mol. The van der Waals surface area contributed by atoms with Crippen LogP contribution >= 0.6 is 0 Å². The molecule has 0 aromatic heterocycles. The molecule has 0 saturated carbocycles. The zero-order valence-electron chi connectivity index (χ0n) is 16.6. The predicted molar refractivity (Wildman–Crippen MR) is 107 cm³/mol. The van der Waals surface area contributed by atoms with Gasteiger partial charge in [-0.3, -0.25) is 4.90 Å². The monoisotopic (exact) mass is 386 g/mol. The van der Waals surface area contributed by atoms with Gasteiger partial charge < -0.3 is 10.5 Å². The van der Waals surface area contributed by atoms with Gasteiger partial charge in [-0.25, -0.2) is 8.78 Å². The first-order chi connectivity index (χ1) is 13.4. The number of hydrogen-bond acceptors (Lipinski definition) is 3. The lowest BCUT2D eigenvalue weighted by Crippen LogP contribution is -2.53. The molecule has 1 aliphatic heterocycles. The smallest absolute Gasteiger partial charge is 0.131 e. The normalized spacial score (nSPS) is 25.4. The Labute approximate surface area is 165 Å². The molecule has 5 heteroatoms. The highest BCUT2D eigenvalue weighted by molar-refractivity contribution is 5.55. The molecule has 2 aromatic rings.